The molecule has 0 N–H and O–H groups in total. The van der Waals surface area contributed by atoms with E-state index in [1.165, 1.54) is 38.5 Å². The van der Waals surface area contributed by atoms with E-state index in [1.807, 2.05) is 14.2 Å². The maximum absolute atomic E-state index is 6.32. The van der Waals surface area contributed by atoms with Crippen LogP contribution in [0.15, 0.2) is 0 Å². The molecule has 2 aliphatic carbocycles. The molecule has 2 nitrogen and oxygen atoms in total. The van der Waals surface area contributed by atoms with Gasteiger partial charge in [-0.3, -0.25) is 0 Å². The van der Waals surface area contributed by atoms with Crippen molar-refractivity contribution < 1.29 is 8.85 Å². The summed E-state index contributed by atoms with van der Waals surface area (Å²) in [6.45, 7) is 9.75. The van der Waals surface area contributed by atoms with Gasteiger partial charge in [-0.05, 0) is 36.5 Å². The zero-order valence-electron chi connectivity index (χ0n) is 15.0. The molecule has 2 rings (SSSR count). The van der Waals surface area contributed by atoms with Crippen LogP contribution in [0.2, 0.25) is 11.1 Å². The molecular weight excluding hydrogens is 276 g/mol. The number of hydrogen-bond donors (Lipinski definition) is 0. The van der Waals surface area contributed by atoms with Crippen LogP contribution in [0.3, 0.4) is 0 Å². The minimum absolute atomic E-state index is 0.675. The first kappa shape index (κ1) is 17.5. The molecule has 124 valence electrons. The van der Waals surface area contributed by atoms with E-state index in [0.717, 1.165) is 23.7 Å². The molecule has 2 fully saturated rings. The lowest BCUT2D eigenvalue weighted by Crippen LogP contribution is -2.56. The maximum Gasteiger partial charge on any atom is 0.344 e. The average Bonchev–Trinajstić information content (AvgIpc) is 2.49. The first-order valence-corrected chi connectivity index (χ1v) is 11.0. The summed E-state index contributed by atoms with van der Waals surface area (Å²) < 4.78 is 12.6. The van der Waals surface area contributed by atoms with Crippen molar-refractivity contribution in [3.8, 4) is 0 Å². The Kier molecular flexibility index (Phi) is 5.95. The largest absolute Gasteiger partial charge is 0.397 e. The van der Waals surface area contributed by atoms with Crippen molar-refractivity contribution in [1.82, 2.24) is 0 Å². The van der Waals surface area contributed by atoms with Crippen molar-refractivity contribution in [2.24, 2.45) is 23.7 Å². The third-order valence-electron chi connectivity index (χ3n) is 7.09. The summed E-state index contributed by atoms with van der Waals surface area (Å²) >= 11 is 0. The summed E-state index contributed by atoms with van der Waals surface area (Å²) in [6.07, 6.45) is 8.11. The maximum atomic E-state index is 6.32. The lowest BCUT2D eigenvalue weighted by Gasteiger charge is -2.50. The van der Waals surface area contributed by atoms with Crippen molar-refractivity contribution in [2.75, 3.05) is 14.2 Å². The first-order chi connectivity index (χ1) is 9.97. The van der Waals surface area contributed by atoms with Crippen molar-refractivity contribution in [3.05, 3.63) is 0 Å². The Bertz CT molecular complexity index is 301. The van der Waals surface area contributed by atoms with Crippen molar-refractivity contribution in [3.63, 3.8) is 0 Å². The Morgan fingerprint density at radius 1 is 0.667 bits per heavy atom. The van der Waals surface area contributed by atoms with E-state index in [0.29, 0.717) is 11.1 Å². The fourth-order valence-corrected chi connectivity index (χ4v) is 10.5. The van der Waals surface area contributed by atoms with Crippen LogP contribution in [-0.4, -0.2) is 22.8 Å². The lowest BCUT2D eigenvalue weighted by molar-refractivity contribution is 0.137. The molecule has 0 radical (unpaired) electrons. The van der Waals surface area contributed by atoms with Crippen molar-refractivity contribution in [1.29, 1.82) is 0 Å². The molecule has 0 aliphatic heterocycles. The van der Waals surface area contributed by atoms with Crippen molar-refractivity contribution in [2.45, 2.75) is 77.3 Å². The van der Waals surface area contributed by atoms with Gasteiger partial charge < -0.3 is 8.85 Å². The fourth-order valence-electron chi connectivity index (χ4n) is 5.26. The second-order valence-electron chi connectivity index (χ2n) is 7.88. The van der Waals surface area contributed by atoms with Gasteiger partial charge in [0, 0.05) is 25.3 Å². The minimum Gasteiger partial charge on any atom is -0.397 e. The van der Waals surface area contributed by atoms with Gasteiger partial charge in [-0.1, -0.05) is 53.4 Å². The van der Waals surface area contributed by atoms with Gasteiger partial charge in [0.1, 0.15) is 0 Å². The molecule has 2 aliphatic rings. The van der Waals surface area contributed by atoms with Crippen LogP contribution >= 0.6 is 0 Å². The van der Waals surface area contributed by atoms with E-state index < -0.39 is 8.56 Å². The third-order valence-corrected chi connectivity index (χ3v) is 12.1. The molecule has 0 saturated heterocycles. The normalized spacial score (nSPS) is 42.0. The summed E-state index contributed by atoms with van der Waals surface area (Å²) in [5, 5.41) is 0. The highest BCUT2D eigenvalue weighted by Crippen LogP contribution is 2.54. The van der Waals surface area contributed by atoms with E-state index in [2.05, 4.69) is 27.7 Å². The third kappa shape index (κ3) is 3.11. The SMILES string of the molecule is CO[Si](OC)(C1CCCC(C)C1C)C1CCCC(C)C1C. The molecular formula is C18H36O2Si. The van der Waals surface area contributed by atoms with Crippen LogP contribution in [0, 0.1) is 23.7 Å². The Labute approximate surface area is 133 Å². The zero-order valence-corrected chi connectivity index (χ0v) is 16.0. The Hall–Kier alpha value is 0.137. The van der Waals surface area contributed by atoms with Gasteiger partial charge >= 0.3 is 8.56 Å². The fraction of sp³-hybridized carbons (Fsp3) is 1.00. The van der Waals surface area contributed by atoms with Gasteiger partial charge in [-0.2, -0.15) is 0 Å². The topological polar surface area (TPSA) is 18.5 Å². The standard InChI is InChI=1S/C18H36O2Si/c1-13-9-7-11-17(15(13)3)21(19-5,20-6)18-12-8-10-14(2)16(18)4/h13-18H,7-12H2,1-6H3. The van der Waals surface area contributed by atoms with Crippen LogP contribution in [0.5, 0.6) is 0 Å². The van der Waals surface area contributed by atoms with E-state index >= 15 is 0 Å². The Balaban J connectivity index is 2.30. The summed E-state index contributed by atoms with van der Waals surface area (Å²) in [5.41, 5.74) is 1.35. The monoisotopic (exact) mass is 312 g/mol. The van der Waals surface area contributed by atoms with E-state index in [4.69, 9.17) is 8.85 Å². The Morgan fingerprint density at radius 3 is 1.38 bits per heavy atom. The molecule has 2 saturated carbocycles. The second kappa shape index (κ2) is 7.14. The van der Waals surface area contributed by atoms with Gasteiger partial charge in [-0.15, -0.1) is 0 Å². The first-order valence-electron chi connectivity index (χ1n) is 9.08. The smallest absolute Gasteiger partial charge is 0.344 e. The van der Waals surface area contributed by atoms with Gasteiger partial charge in [0.25, 0.3) is 0 Å². The molecule has 0 spiro atoms. The lowest BCUT2D eigenvalue weighted by atomic mass is 9.80. The number of rotatable bonds is 4. The zero-order chi connectivity index (χ0) is 15.6. The predicted octanol–water partition coefficient (Wildman–Crippen LogP) is 5.37. The molecule has 3 heteroatoms. The highest BCUT2D eigenvalue weighted by molar-refractivity contribution is 6.70. The van der Waals surface area contributed by atoms with Gasteiger partial charge in [0.15, 0.2) is 0 Å². The molecule has 0 amide bonds. The molecule has 0 aromatic heterocycles. The molecule has 0 heterocycles. The molecule has 6 atom stereocenters. The quantitative estimate of drug-likeness (QED) is 0.649. The molecule has 0 aromatic carbocycles. The van der Waals surface area contributed by atoms with Crippen molar-refractivity contribution >= 4 is 8.56 Å². The number of hydrogen-bond acceptors (Lipinski definition) is 2. The second-order valence-corrected chi connectivity index (χ2v) is 11.6. The summed E-state index contributed by atoms with van der Waals surface area (Å²) in [4.78, 5) is 0. The van der Waals surface area contributed by atoms with E-state index in [1.54, 1.807) is 0 Å². The molecule has 0 bridgehead atoms. The predicted molar refractivity (Wildman–Crippen MR) is 91.6 cm³/mol. The minimum atomic E-state index is -2.15. The van der Waals surface area contributed by atoms with Crippen LogP contribution in [-0.2, 0) is 8.85 Å². The van der Waals surface area contributed by atoms with E-state index in [9.17, 15) is 0 Å². The van der Waals surface area contributed by atoms with Gasteiger partial charge in [-0.25, -0.2) is 0 Å². The summed E-state index contributed by atoms with van der Waals surface area (Å²) in [5.74, 6) is 3.12. The van der Waals surface area contributed by atoms with Crippen LogP contribution in [0.4, 0.5) is 0 Å². The van der Waals surface area contributed by atoms with Crippen LogP contribution in [0.1, 0.15) is 66.2 Å². The summed E-state index contributed by atoms with van der Waals surface area (Å²) in [7, 11) is 1.72. The van der Waals surface area contributed by atoms with Crippen LogP contribution < -0.4 is 0 Å². The highest BCUT2D eigenvalue weighted by Gasteiger charge is 2.56. The van der Waals surface area contributed by atoms with E-state index in [-0.39, 0.29) is 0 Å². The molecule has 6 unspecified atom stereocenters. The van der Waals surface area contributed by atoms with Gasteiger partial charge in [0.2, 0.25) is 0 Å². The highest BCUT2D eigenvalue weighted by atomic mass is 28.4. The molecule has 0 aromatic rings. The van der Waals surface area contributed by atoms with Crippen LogP contribution in [0.25, 0.3) is 0 Å². The Morgan fingerprint density at radius 2 is 1.05 bits per heavy atom. The molecule has 21 heavy (non-hydrogen) atoms. The summed E-state index contributed by atoms with van der Waals surface area (Å²) in [6, 6.07) is 0. The average molecular weight is 313 g/mol. The van der Waals surface area contributed by atoms with Gasteiger partial charge in [0.05, 0.1) is 0 Å².